The van der Waals surface area contributed by atoms with Crippen molar-refractivity contribution in [2.24, 2.45) is 0 Å². The van der Waals surface area contributed by atoms with E-state index in [1.807, 2.05) is 55.1 Å². The van der Waals surface area contributed by atoms with E-state index < -0.39 is 0 Å². The van der Waals surface area contributed by atoms with Crippen molar-refractivity contribution in [1.29, 1.82) is 0 Å². The van der Waals surface area contributed by atoms with Gasteiger partial charge in [0.15, 0.2) is 0 Å². The van der Waals surface area contributed by atoms with Gasteiger partial charge in [0.25, 0.3) is 5.91 Å². The topological polar surface area (TPSA) is 50.6 Å². The van der Waals surface area contributed by atoms with Crippen molar-refractivity contribution in [2.45, 2.75) is 13.8 Å². The Labute approximate surface area is 181 Å². The third-order valence-electron chi connectivity index (χ3n) is 5.19. The number of benzene rings is 2. The van der Waals surface area contributed by atoms with Crippen LogP contribution in [-0.4, -0.2) is 53.4 Å². The van der Waals surface area contributed by atoms with E-state index in [0.29, 0.717) is 30.4 Å². The summed E-state index contributed by atoms with van der Waals surface area (Å²) in [7, 11) is 0. The summed E-state index contributed by atoms with van der Waals surface area (Å²) in [6, 6.07) is 17.2. The molecule has 0 aliphatic carbocycles. The van der Waals surface area contributed by atoms with Crippen molar-refractivity contribution < 1.29 is 9.53 Å². The van der Waals surface area contributed by atoms with Crippen LogP contribution in [0.15, 0.2) is 54.6 Å². The number of piperazine rings is 1. The molecule has 1 aromatic heterocycles. The maximum atomic E-state index is 13.3. The van der Waals surface area contributed by atoms with Crippen LogP contribution in [0.5, 0.6) is 5.75 Å². The number of amides is 1. The number of nitrogens with zero attached hydrogens (tertiary/aromatic N) is 4. The van der Waals surface area contributed by atoms with Crippen LogP contribution in [0.3, 0.4) is 0 Å². The smallest absolute Gasteiger partial charge is 0.272 e. The Kier molecular flexibility index (Phi) is 5.95. The van der Waals surface area contributed by atoms with E-state index in [4.69, 9.17) is 16.3 Å². The van der Waals surface area contributed by atoms with Gasteiger partial charge in [-0.25, -0.2) is 4.68 Å². The molecule has 30 heavy (non-hydrogen) atoms. The molecule has 0 bridgehead atoms. The van der Waals surface area contributed by atoms with Crippen LogP contribution >= 0.6 is 11.6 Å². The molecular formula is C23H25ClN4O2. The first-order valence-electron chi connectivity index (χ1n) is 10.2. The fourth-order valence-electron chi connectivity index (χ4n) is 3.74. The first-order chi connectivity index (χ1) is 14.6. The van der Waals surface area contributed by atoms with E-state index in [0.717, 1.165) is 35.9 Å². The van der Waals surface area contributed by atoms with E-state index in [9.17, 15) is 4.79 Å². The van der Waals surface area contributed by atoms with Crippen molar-refractivity contribution in [2.75, 3.05) is 37.7 Å². The highest BCUT2D eigenvalue weighted by Gasteiger charge is 2.26. The summed E-state index contributed by atoms with van der Waals surface area (Å²) in [4.78, 5) is 17.4. The summed E-state index contributed by atoms with van der Waals surface area (Å²) in [6.45, 7) is 7.30. The van der Waals surface area contributed by atoms with E-state index in [-0.39, 0.29) is 5.91 Å². The predicted molar refractivity (Wildman–Crippen MR) is 119 cm³/mol. The second-order valence-electron chi connectivity index (χ2n) is 7.24. The van der Waals surface area contributed by atoms with Crippen LogP contribution in [0.25, 0.3) is 5.69 Å². The lowest BCUT2D eigenvalue weighted by atomic mass is 10.2. The zero-order valence-electron chi connectivity index (χ0n) is 17.2. The Balaban J connectivity index is 1.50. The highest BCUT2D eigenvalue weighted by atomic mass is 35.5. The molecule has 1 saturated heterocycles. The maximum Gasteiger partial charge on any atom is 0.272 e. The summed E-state index contributed by atoms with van der Waals surface area (Å²) in [5, 5.41) is 5.17. The molecule has 2 heterocycles. The van der Waals surface area contributed by atoms with Crippen molar-refractivity contribution >= 4 is 23.2 Å². The van der Waals surface area contributed by atoms with Gasteiger partial charge in [-0.15, -0.1) is 0 Å². The Hall–Kier alpha value is -2.99. The molecule has 0 unspecified atom stereocenters. The number of carbonyl (C=O) groups is 1. The molecule has 0 spiro atoms. The number of rotatable bonds is 5. The average molecular weight is 425 g/mol. The van der Waals surface area contributed by atoms with Gasteiger partial charge in [-0.2, -0.15) is 5.10 Å². The SMILES string of the molecule is CCOc1ccccc1N1CCN(C(=O)c2cc(C)nn2-c2ccc(Cl)cc2)CC1. The lowest BCUT2D eigenvalue weighted by molar-refractivity contribution is 0.0737. The number of halogens is 1. The summed E-state index contributed by atoms with van der Waals surface area (Å²) < 4.78 is 7.47. The summed E-state index contributed by atoms with van der Waals surface area (Å²) >= 11 is 6.01. The lowest BCUT2D eigenvalue weighted by Crippen LogP contribution is -2.49. The van der Waals surface area contributed by atoms with Crippen LogP contribution in [0.4, 0.5) is 5.69 Å². The van der Waals surface area contributed by atoms with E-state index in [2.05, 4.69) is 16.1 Å². The number of ether oxygens (including phenoxy) is 1. The van der Waals surface area contributed by atoms with Gasteiger partial charge in [0.05, 0.1) is 23.7 Å². The summed E-state index contributed by atoms with van der Waals surface area (Å²) in [5.74, 6) is 0.875. The summed E-state index contributed by atoms with van der Waals surface area (Å²) in [6.07, 6.45) is 0. The van der Waals surface area contributed by atoms with Crippen LogP contribution in [0, 0.1) is 6.92 Å². The molecule has 6 nitrogen and oxygen atoms in total. The highest BCUT2D eigenvalue weighted by Crippen LogP contribution is 2.29. The van der Waals surface area contributed by atoms with E-state index in [1.54, 1.807) is 16.8 Å². The third kappa shape index (κ3) is 4.14. The minimum Gasteiger partial charge on any atom is -0.492 e. The first-order valence-corrected chi connectivity index (χ1v) is 10.5. The average Bonchev–Trinajstić information content (AvgIpc) is 3.16. The van der Waals surface area contributed by atoms with E-state index in [1.165, 1.54) is 0 Å². The Morgan fingerprint density at radius 1 is 1.07 bits per heavy atom. The van der Waals surface area contributed by atoms with Crippen molar-refractivity contribution in [1.82, 2.24) is 14.7 Å². The van der Waals surface area contributed by atoms with Crippen LogP contribution < -0.4 is 9.64 Å². The van der Waals surface area contributed by atoms with Crippen molar-refractivity contribution in [3.05, 3.63) is 71.0 Å². The molecule has 2 aromatic carbocycles. The van der Waals surface area contributed by atoms with Gasteiger partial charge in [-0.05, 0) is 56.3 Å². The van der Waals surface area contributed by atoms with Crippen LogP contribution in [-0.2, 0) is 0 Å². The number of hydrogen-bond donors (Lipinski definition) is 0. The minimum absolute atomic E-state index is 0.0108. The predicted octanol–water partition coefficient (Wildman–Crippen LogP) is 4.20. The molecule has 1 aliphatic rings. The number of para-hydroxylation sites is 2. The fraction of sp³-hybridized carbons (Fsp3) is 0.304. The van der Waals surface area contributed by atoms with Gasteiger partial charge in [-0.3, -0.25) is 4.79 Å². The maximum absolute atomic E-state index is 13.3. The Morgan fingerprint density at radius 2 is 1.77 bits per heavy atom. The van der Waals surface area contributed by atoms with E-state index >= 15 is 0 Å². The third-order valence-corrected chi connectivity index (χ3v) is 5.45. The highest BCUT2D eigenvalue weighted by molar-refractivity contribution is 6.30. The van der Waals surface area contributed by atoms with Gasteiger partial charge in [-0.1, -0.05) is 23.7 Å². The standard InChI is InChI=1S/C23H25ClN4O2/c1-3-30-22-7-5-4-6-20(22)26-12-14-27(15-13-26)23(29)21-16-17(2)25-28(21)19-10-8-18(24)9-11-19/h4-11,16H,3,12-15H2,1-2H3. The van der Waals surface area contributed by atoms with Gasteiger partial charge >= 0.3 is 0 Å². The molecule has 0 radical (unpaired) electrons. The molecule has 1 fully saturated rings. The molecule has 3 aromatic rings. The lowest BCUT2D eigenvalue weighted by Gasteiger charge is -2.36. The van der Waals surface area contributed by atoms with Crippen LogP contribution in [0.1, 0.15) is 23.1 Å². The second-order valence-corrected chi connectivity index (χ2v) is 7.68. The fourth-order valence-corrected chi connectivity index (χ4v) is 3.87. The number of carbonyl (C=O) groups excluding carboxylic acids is 1. The zero-order valence-corrected chi connectivity index (χ0v) is 18.0. The molecule has 7 heteroatoms. The number of hydrogen-bond acceptors (Lipinski definition) is 4. The number of anilines is 1. The number of aromatic nitrogens is 2. The first kappa shape index (κ1) is 20.3. The molecule has 1 aliphatic heterocycles. The van der Waals surface area contributed by atoms with Crippen molar-refractivity contribution in [3.8, 4) is 11.4 Å². The largest absolute Gasteiger partial charge is 0.492 e. The number of aryl methyl sites for hydroxylation is 1. The molecular weight excluding hydrogens is 400 g/mol. The molecule has 0 N–H and O–H groups in total. The second kappa shape index (κ2) is 8.79. The summed E-state index contributed by atoms with van der Waals surface area (Å²) in [5.41, 5.74) is 3.27. The van der Waals surface area contributed by atoms with Crippen molar-refractivity contribution in [3.63, 3.8) is 0 Å². The normalized spacial score (nSPS) is 14.1. The molecule has 1 amide bonds. The monoisotopic (exact) mass is 424 g/mol. The quantitative estimate of drug-likeness (QED) is 0.616. The van der Waals surface area contributed by atoms with Gasteiger partial charge in [0.1, 0.15) is 11.4 Å². The van der Waals surface area contributed by atoms with Gasteiger partial charge < -0.3 is 14.5 Å². The minimum atomic E-state index is -0.0108. The zero-order chi connectivity index (χ0) is 21.1. The molecule has 4 rings (SSSR count). The molecule has 0 atom stereocenters. The van der Waals surface area contributed by atoms with Gasteiger partial charge in [0.2, 0.25) is 0 Å². The Morgan fingerprint density at radius 3 is 2.47 bits per heavy atom. The van der Waals surface area contributed by atoms with Crippen LogP contribution in [0.2, 0.25) is 5.02 Å². The van der Waals surface area contributed by atoms with Gasteiger partial charge in [0, 0.05) is 31.2 Å². The molecule has 156 valence electrons. The Bertz CT molecular complexity index is 1020. The molecule has 0 saturated carbocycles.